The van der Waals surface area contributed by atoms with E-state index in [1.165, 1.54) is 17.7 Å². The van der Waals surface area contributed by atoms with Gasteiger partial charge in [0.1, 0.15) is 5.75 Å². The molecule has 0 amide bonds. The number of fused-ring (bicyclic) bond motifs is 3. The van der Waals surface area contributed by atoms with Crippen LogP contribution in [0.1, 0.15) is 31.7 Å². The third kappa shape index (κ3) is 1.45. The van der Waals surface area contributed by atoms with E-state index in [1.54, 1.807) is 0 Å². The largest absolute Gasteiger partial charge is 0.508 e. The van der Waals surface area contributed by atoms with Gasteiger partial charge in [-0.25, -0.2) is 0 Å². The number of nitrogens with one attached hydrogen (secondary N) is 1. The van der Waals surface area contributed by atoms with Crippen LogP contribution < -0.4 is 10.2 Å². The SMILES string of the molecule is CN1c2cc(O)ccc2C2CCNC(C)(C)C21. The summed E-state index contributed by atoms with van der Waals surface area (Å²) in [7, 11) is 2.14. The van der Waals surface area contributed by atoms with Gasteiger partial charge in [0.2, 0.25) is 0 Å². The summed E-state index contributed by atoms with van der Waals surface area (Å²) in [6.45, 7) is 5.61. The molecule has 0 aliphatic carbocycles. The second-order valence-electron chi connectivity index (χ2n) is 5.84. The number of benzene rings is 1. The number of hydrogen-bond acceptors (Lipinski definition) is 3. The minimum atomic E-state index is 0.117. The molecule has 2 atom stereocenters. The topological polar surface area (TPSA) is 35.5 Å². The molecule has 2 N–H and O–H groups in total. The predicted molar refractivity (Wildman–Crippen MR) is 69.7 cm³/mol. The predicted octanol–water partition coefficient (Wildman–Crippen LogP) is 2.07. The van der Waals surface area contributed by atoms with Gasteiger partial charge in [-0.1, -0.05) is 6.07 Å². The van der Waals surface area contributed by atoms with Crippen molar-refractivity contribution in [2.24, 2.45) is 0 Å². The molecule has 0 saturated carbocycles. The maximum absolute atomic E-state index is 9.64. The Labute approximate surface area is 102 Å². The van der Waals surface area contributed by atoms with Gasteiger partial charge in [0.05, 0.1) is 6.04 Å². The molecule has 3 rings (SSSR count). The number of likely N-dealkylation sites (N-methyl/N-ethyl adjacent to an activating group) is 1. The van der Waals surface area contributed by atoms with Crippen LogP contribution in [-0.2, 0) is 0 Å². The van der Waals surface area contributed by atoms with Crippen molar-refractivity contribution in [3.8, 4) is 5.75 Å². The lowest BCUT2D eigenvalue weighted by Gasteiger charge is -2.45. The first-order valence-electron chi connectivity index (χ1n) is 6.31. The maximum Gasteiger partial charge on any atom is 0.117 e. The van der Waals surface area contributed by atoms with Crippen LogP contribution in [0.15, 0.2) is 18.2 Å². The van der Waals surface area contributed by atoms with Crippen molar-refractivity contribution < 1.29 is 5.11 Å². The summed E-state index contributed by atoms with van der Waals surface area (Å²) in [6.07, 6.45) is 1.18. The smallest absolute Gasteiger partial charge is 0.117 e. The summed E-state index contributed by atoms with van der Waals surface area (Å²) in [4.78, 5) is 2.33. The number of phenolic OH excluding ortho intramolecular Hbond substituents is 1. The van der Waals surface area contributed by atoms with Gasteiger partial charge >= 0.3 is 0 Å². The zero-order chi connectivity index (χ0) is 12.2. The average Bonchev–Trinajstić information content (AvgIpc) is 2.53. The second kappa shape index (κ2) is 3.39. The Balaban J connectivity index is 2.10. The lowest BCUT2D eigenvalue weighted by atomic mass is 9.78. The number of anilines is 1. The highest BCUT2D eigenvalue weighted by Gasteiger charge is 2.47. The fourth-order valence-corrected chi connectivity index (χ4v) is 3.70. The molecule has 0 aromatic heterocycles. The van der Waals surface area contributed by atoms with E-state index in [4.69, 9.17) is 0 Å². The van der Waals surface area contributed by atoms with Crippen molar-refractivity contribution in [3.05, 3.63) is 23.8 Å². The molecule has 2 unspecified atom stereocenters. The highest BCUT2D eigenvalue weighted by Crippen LogP contribution is 2.48. The molecular weight excluding hydrogens is 212 g/mol. The molecular formula is C14H20N2O. The third-order valence-electron chi connectivity index (χ3n) is 4.37. The molecule has 1 fully saturated rings. The molecule has 0 radical (unpaired) electrons. The highest BCUT2D eigenvalue weighted by molar-refractivity contribution is 5.65. The molecule has 3 nitrogen and oxygen atoms in total. The number of aromatic hydroxyl groups is 1. The standard InChI is InChI=1S/C14H20N2O/c1-14(2)13-11(6-7-15-14)10-5-4-9(17)8-12(10)16(13)3/h4-5,8,11,13,15,17H,6-7H2,1-3H3. The summed E-state index contributed by atoms with van der Waals surface area (Å²) < 4.78 is 0. The van der Waals surface area contributed by atoms with E-state index in [0.29, 0.717) is 17.7 Å². The normalized spacial score (nSPS) is 29.9. The number of rotatable bonds is 0. The number of piperidine rings is 1. The summed E-state index contributed by atoms with van der Waals surface area (Å²) in [5.74, 6) is 0.951. The van der Waals surface area contributed by atoms with Crippen LogP contribution >= 0.6 is 0 Å². The van der Waals surface area contributed by atoms with E-state index in [9.17, 15) is 5.11 Å². The van der Waals surface area contributed by atoms with Gasteiger partial charge in [0, 0.05) is 30.3 Å². The molecule has 2 aliphatic rings. The van der Waals surface area contributed by atoms with E-state index in [-0.39, 0.29) is 5.54 Å². The average molecular weight is 232 g/mol. The summed E-state index contributed by atoms with van der Waals surface area (Å²) >= 11 is 0. The number of hydrogen-bond donors (Lipinski definition) is 2. The first-order valence-corrected chi connectivity index (χ1v) is 6.31. The van der Waals surface area contributed by atoms with Crippen molar-refractivity contribution >= 4 is 5.69 Å². The maximum atomic E-state index is 9.64. The first-order chi connectivity index (χ1) is 8.00. The molecule has 2 heterocycles. The van der Waals surface area contributed by atoms with Gasteiger partial charge in [0.15, 0.2) is 0 Å². The lowest BCUT2D eigenvalue weighted by Crippen LogP contribution is -2.60. The third-order valence-corrected chi connectivity index (χ3v) is 4.37. The molecule has 92 valence electrons. The Morgan fingerprint density at radius 3 is 2.94 bits per heavy atom. The van der Waals surface area contributed by atoms with Crippen LogP contribution in [0.25, 0.3) is 0 Å². The monoisotopic (exact) mass is 232 g/mol. The molecule has 0 spiro atoms. The van der Waals surface area contributed by atoms with Gasteiger partial charge in [-0.3, -0.25) is 0 Å². The zero-order valence-corrected chi connectivity index (χ0v) is 10.7. The summed E-state index contributed by atoms with van der Waals surface area (Å²) in [5.41, 5.74) is 2.70. The molecule has 1 aromatic carbocycles. The Morgan fingerprint density at radius 1 is 1.41 bits per heavy atom. The van der Waals surface area contributed by atoms with E-state index < -0.39 is 0 Å². The van der Waals surface area contributed by atoms with Crippen molar-refractivity contribution in [1.29, 1.82) is 0 Å². The van der Waals surface area contributed by atoms with Gasteiger partial charge in [-0.2, -0.15) is 0 Å². The minimum absolute atomic E-state index is 0.117. The van der Waals surface area contributed by atoms with Gasteiger partial charge in [0.25, 0.3) is 0 Å². The van der Waals surface area contributed by atoms with E-state index in [0.717, 1.165) is 6.54 Å². The Morgan fingerprint density at radius 2 is 2.18 bits per heavy atom. The van der Waals surface area contributed by atoms with E-state index >= 15 is 0 Å². The molecule has 3 heteroatoms. The van der Waals surface area contributed by atoms with Crippen LogP contribution in [-0.4, -0.2) is 30.3 Å². The second-order valence-corrected chi connectivity index (χ2v) is 5.84. The van der Waals surface area contributed by atoms with Crippen LogP contribution in [0.3, 0.4) is 0 Å². The zero-order valence-electron chi connectivity index (χ0n) is 10.7. The summed E-state index contributed by atoms with van der Waals surface area (Å²) in [6, 6.07) is 6.27. The molecule has 0 bridgehead atoms. The first kappa shape index (κ1) is 10.9. The van der Waals surface area contributed by atoms with E-state index in [2.05, 4.69) is 37.2 Å². The molecule has 2 aliphatic heterocycles. The van der Waals surface area contributed by atoms with E-state index in [1.807, 2.05) is 12.1 Å². The lowest BCUT2D eigenvalue weighted by molar-refractivity contribution is 0.237. The van der Waals surface area contributed by atoms with Gasteiger partial charge in [-0.15, -0.1) is 0 Å². The van der Waals surface area contributed by atoms with Gasteiger partial charge in [-0.05, 0) is 38.4 Å². The highest BCUT2D eigenvalue weighted by atomic mass is 16.3. The Hall–Kier alpha value is -1.22. The van der Waals surface area contributed by atoms with Crippen LogP contribution in [0.4, 0.5) is 5.69 Å². The summed E-state index contributed by atoms with van der Waals surface area (Å²) in [5, 5.41) is 13.2. The fourth-order valence-electron chi connectivity index (χ4n) is 3.70. The van der Waals surface area contributed by atoms with Crippen molar-refractivity contribution in [1.82, 2.24) is 5.32 Å². The quantitative estimate of drug-likeness (QED) is 0.719. The minimum Gasteiger partial charge on any atom is -0.508 e. The van der Waals surface area contributed by atoms with Crippen molar-refractivity contribution in [3.63, 3.8) is 0 Å². The van der Waals surface area contributed by atoms with Crippen molar-refractivity contribution in [2.75, 3.05) is 18.5 Å². The van der Waals surface area contributed by atoms with Crippen LogP contribution in [0.2, 0.25) is 0 Å². The molecule has 17 heavy (non-hydrogen) atoms. The van der Waals surface area contributed by atoms with Crippen molar-refractivity contribution in [2.45, 2.75) is 37.8 Å². The molecule has 1 saturated heterocycles. The van der Waals surface area contributed by atoms with Gasteiger partial charge < -0.3 is 15.3 Å². The fraction of sp³-hybridized carbons (Fsp3) is 0.571. The molecule has 1 aromatic rings. The Kier molecular flexibility index (Phi) is 2.17. The van der Waals surface area contributed by atoms with Crippen LogP contribution in [0.5, 0.6) is 5.75 Å². The Bertz CT molecular complexity index is 456. The van der Waals surface area contributed by atoms with Crippen LogP contribution in [0, 0.1) is 0 Å². The number of phenols is 1. The number of nitrogens with zero attached hydrogens (tertiary/aromatic N) is 1.